The predicted molar refractivity (Wildman–Crippen MR) is 52.3 cm³/mol. The minimum atomic E-state index is -3.23. The second-order valence-corrected chi connectivity index (χ2v) is 5.51. The van der Waals surface area contributed by atoms with Crippen molar-refractivity contribution in [2.75, 3.05) is 6.26 Å². The van der Waals surface area contributed by atoms with Crippen molar-refractivity contribution < 1.29 is 18.3 Å². The summed E-state index contributed by atoms with van der Waals surface area (Å²) >= 11 is 0. The zero-order valence-electron chi connectivity index (χ0n) is 8.01. The zero-order chi connectivity index (χ0) is 11.4. The van der Waals surface area contributed by atoms with Crippen molar-refractivity contribution in [1.82, 2.24) is 0 Å². The number of carboxylic acid groups (broad SMARTS) is 1. The fourth-order valence-electron chi connectivity index (χ4n) is 0.877. The van der Waals surface area contributed by atoms with E-state index in [1.807, 2.05) is 0 Å². The molecule has 7 heteroatoms. The Morgan fingerprint density at radius 2 is 1.86 bits per heavy atom. The Labute approximate surface area is 83.2 Å². The third-order valence-electron chi connectivity index (χ3n) is 1.87. The van der Waals surface area contributed by atoms with Gasteiger partial charge in [0.15, 0.2) is 9.84 Å². The molecular weight excluding hydrogens is 208 g/mol. The summed E-state index contributed by atoms with van der Waals surface area (Å²) < 4.78 is 21.7. The molecule has 0 saturated carbocycles. The summed E-state index contributed by atoms with van der Waals surface area (Å²) in [5, 5.41) is 7.51. The monoisotopic (exact) mass is 224 g/mol. The van der Waals surface area contributed by atoms with Crippen molar-refractivity contribution in [2.45, 2.75) is 30.7 Å². The van der Waals surface area contributed by atoms with E-state index in [1.165, 1.54) is 0 Å². The third kappa shape index (κ3) is 5.15. The van der Waals surface area contributed by atoms with E-state index in [0.717, 1.165) is 6.26 Å². The summed E-state index contributed by atoms with van der Waals surface area (Å²) in [5.41, 5.74) is 10.6. The molecule has 14 heavy (non-hydrogen) atoms. The van der Waals surface area contributed by atoms with Crippen LogP contribution in [0.1, 0.15) is 19.3 Å². The maximum absolute atomic E-state index is 10.9. The number of carbonyl (C=O) groups is 1. The fourth-order valence-corrected chi connectivity index (χ4v) is 1.47. The molecule has 0 aromatic rings. The first-order valence-electron chi connectivity index (χ1n) is 4.18. The van der Waals surface area contributed by atoms with Crippen LogP contribution in [0, 0.1) is 0 Å². The number of rotatable bonds is 6. The molecule has 0 aliphatic rings. The van der Waals surface area contributed by atoms with Gasteiger partial charge in [-0.2, -0.15) is 0 Å². The van der Waals surface area contributed by atoms with Crippen LogP contribution in [0.5, 0.6) is 0 Å². The average molecular weight is 224 g/mol. The summed E-state index contributed by atoms with van der Waals surface area (Å²) in [7, 11) is -3.23. The van der Waals surface area contributed by atoms with Gasteiger partial charge in [0, 0.05) is 6.26 Å². The second kappa shape index (κ2) is 5.28. The summed E-state index contributed by atoms with van der Waals surface area (Å²) in [6, 6.07) is -0.943. The third-order valence-corrected chi connectivity index (χ3v) is 3.21. The van der Waals surface area contributed by atoms with Gasteiger partial charge in [-0.15, -0.1) is 0 Å². The van der Waals surface area contributed by atoms with Gasteiger partial charge in [-0.25, -0.2) is 8.42 Å². The molecule has 0 aliphatic carbocycles. The first-order chi connectivity index (χ1) is 6.25. The van der Waals surface area contributed by atoms with Gasteiger partial charge >= 0.3 is 5.97 Å². The SMILES string of the molecule is CS(=O)(=O)C(N)CCC[C@H](N)C(=O)O. The highest BCUT2D eigenvalue weighted by molar-refractivity contribution is 7.91. The highest BCUT2D eigenvalue weighted by Crippen LogP contribution is 2.05. The van der Waals surface area contributed by atoms with Crippen molar-refractivity contribution >= 4 is 15.8 Å². The van der Waals surface area contributed by atoms with Gasteiger partial charge in [0.2, 0.25) is 0 Å². The molecule has 0 aromatic heterocycles. The Balaban J connectivity index is 3.81. The molecule has 0 heterocycles. The van der Waals surface area contributed by atoms with E-state index in [9.17, 15) is 13.2 Å². The van der Waals surface area contributed by atoms with Crippen LogP contribution in [0.15, 0.2) is 0 Å². The number of hydrogen-bond donors (Lipinski definition) is 3. The molecule has 6 nitrogen and oxygen atoms in total. The minimum Gasteiger partial charge on any atom is -0.480 e. The average Bonchev–Trinajstić information content (AvgIpc) is 2.01. The van der Waals surface area contributed by atoms with E-state index < -0.39 is 27.2 Å². The molecule has 0 fully saturated rings. The van der Waals surface area contributed by atoms with E-state index in [1.54, 1.807) is 0 Å². The van der Waals surface area contributed by atoms with Gasteiger partial charge < -0.3 is 16.6 Å². The summed E-state index contributed by atoms with van der Waals surface area (Å²) in [4.78, 5) is 10.3. The van der Waals surface area contributed by atoms with Gasteiger partial charge in [-0.05, 0) is 19.3 Å². The Hall–Kier alpha value is -0.660. The molecular formula is C7H16N2O4S. The molecule has 0 aliphatic heterocycles. The molecule has 0 bridgehead atoms. The van der Waals surface area contributed by atoms with Crippen LogP contribution < -0.4 is 11.5 Å². The Morgan fingerprint density at radius 1 is 1.36 bits per heavy atom. The van der Waals surface area contributed by atoms with E-state index >= 15 is 0 Å². The van der Waals surface area contributed by atoms with Crippen LogP contribution in [0.3, 0.4) is 0 Å². The van der Waals surface area contributed by atoms with Crippen LogP contribution >= 0.6 is 0 Å². The molecule has 2 atom stereocenters. The maximum Gasteiger partial charge on any atom is 0.320 e. The lowest BCUT2D eigenvalue weighted by Gasteiger charge is -2.10. The first-order valence-corrected chi connectivity index (χ1v) is 6.13. The standard InChI is InChI=1S/C7H16N2O4S/c1-14(12,13)6(9)4-2-3-5(8)7(10)11/h5-6H,2-4,8-9H2,1H3,(H,10,11)/t5-,6?/m0/s1. The van der Waals surface area contributed by atoms with Gasteiger partial charge in [0.1, 0.15) is 11.4 Å². The van der Waals surface area contributed by atoms with Crippen molar-refractivity contribution in [3.63, 3.8) is 0 Å². The Bertz CT molecular complexity index is 288. The van der Waals surface area contributed by atoms with Crippen LogP contribution in [-0.2, 0) is 14.6 Å². The predicted octanol–water partition coefficient (Wildman–Crippen LogP) is -1.10. The molecule has 1 unspecified atom stereocenters. The van der Waals surface area contributed by atoms with Crippen LogP contribution in [0.25, 0.3) is 0 Å². The molecule has 0 saturated heterocycles. The first kappa shape index (κ1) is 13.3. The largest absolute Gasteiger partial charge is 0.480 e. The van der Waals surface area contributed by atoms with Gasteiger partial charge in [-0.1, -0.05) is 0 Å². The van der Waals surface area contributed by atoms with Crippen molar-refractivity contribution in [3.05, 3.63) is 0 Å². The smallest absolute Gasteiger partial charge is 0.320 e. The molecule has 0 amide bonds. The van der Waals surface area contributed by atoms with Gasteiger partial charge in [0.05, 0.1) is 0 Å². The molecule has 84 valence electrons. The van der Waals surface area contributed by atoms with Crippen molar-refractivity contribution in [3.8, 4) is 0 Å². The zero-order valence-corrected chi connectivity index (χ0v) is 8.83. The highest BCUT2D eigenvalue weighted by atomic mass is 32.2. The lowest BCUT2D eigenvalue weighted by atomic mass is 10.1. The topological polar surface area (TPSA) is 123 Å². The van der Waals surface area contributed by atoms with Gasteiger partial charge in [0.25, 0.3) is 0 Å². The molecule has 5 N–H and O–H groups in total. The summed E-state index contributed by atoms with van der Waals surface area (Å²) in [6.45, 7) is 0. The van der Waals surface area contributed by atoms with Crippen LogP contribution in [-0.4, -0.2) is 37.2 Å². The van der Waals surface area contributed by atoms with Crippen molar-refractivity contribution in [1.29, 1.82) is 0 Å². The number of sulfone groups is 1. The van der Waals surface area contributed by atoms with E-state index in [0.29, 0.717) is 6.42 Å². The molecule has 0 spiro atoms. The molecule has 0 aromatic carbocycles. The minimum absolute atomic E-state index is 0.235. The van der Waals surface area contributed by atoms with E-state index in [2.05, 4.69) is 0 Å². The second-order valence-electron chi connectivity index (χ2n) is 3.24. The molecule has 0 rings (SSSR count). The summed E-state index contributed by atoms with van der Waals surface area (Å²) in [6.07, 6.45) is 1.91. The number of hydrogen-bond acceptors (Lipinski definition) is 5. The number of nitrogens with two attached hydrogens (primary N) is 2. The lowest BCUT2D eigenvalue weighted by molar-refractivity contribution is -0.138. The van der Waals surface area contributed by atoms with E-state index in [-0.39, 0.29) is 12.8 Å². The number of aliphatic carboxylic acids is 1. The van der Waals surface area contributed by atoms with Crippen LogP contribution in [0.4, 0.5) is 0 Å². The maximum atomic E-state index is 10.9. The fraction of sp³-hybridized carbons (Fsp3) is 0.857. The quantitative estimate of drug-likeness (QED) is 0.526. The normalized spacial score (nSPS) is 16.2. The Kier molecular flexibility index (Phi) is 5.03. The van der Waals surface area contributed by atoms with Crippen LogP contribution in [0.2, 0.25) is 0 Å². The van der Waals surface area contributed by atoms with Crippen molar-refractivity contribution in [2.24, 2.45) is 11.5 Å². The molecule has 0 radical (unpaired) electrons. The Morgan fingerprint density at radius 3 is 2.21 bits per heavy atom. The van der Waals surface area contributed by atoms with Gasteiger partial charge in [-0.3, -0.25) is 4.79 Å². The lowest BCUT2D eigenvalue weighted by Crippen LogP contribution is -2.32. The number of carboxylic acids is 1. The van der Waals surface area contributed by atoms with E-state index in [4.69, 9.17) is 16.6 Å². The summed E-state index contributed by atoms with van der Waals surface area (Å²) in [5.74, 6) is -1.09. The highest BCUT2D eigenvalue weighted by Gasteiger charge is 2.16.